The highest BCUT2D eigenvalue weighted by atomic mass is 19.1. The van der Waals surface area contributed by atoms with Gasteiger partial charge in [-0.25, -0.2) is 18.7 Å². The number of halogens is 2. The van der Waals surface area contributed by atoms with Crippen molar-refractivity contribution in [2.45, 2.75) is 32.1 Å². The SMILES string of the molecule is CC1=CC2C=C(c3ncc4cc(C5C=CNCC5)cc(F)c4n3)C=C(F)C(=N1)CC2. The van der Waals surface area contributed by atoms with E-state index in [4.69, 9.17) is 0 Å². The molecule has 152 valence electrons. The van der Waals surface area contributed by atoms with Gasteiger partial charge in [-0.1, -0.05) is 18.2 Å². The summed E-state index contributed by atoms with van der Waals surface area (Å²) in [7, 11) is 0. The molecule has 3 heterocycles. The van der Waals surface area contributed by atoms with Crippen LogP contribution in [-0.2, 0) is 0 Å². The Morgan fingerprint density at radius 3 is 2.87 bits per heavy atom. The van der Waals surface area contributed by atoms with Gasteiger partial charge in [-0.3, -0.25) is 4.99 Å². The monoisotopic (exact) mass is 404 g/mol. The topological polar surface area (TPSA) is 50.2 Å². The lowest BCUT2D eigenvalue weighted by atomic mass is 9.93. The number of nitrogens with one attached hydrogen (secondary N) is 1. The summed E-state index contributed by atoms with van der Waals surface area (Å²) in [5.41, 5.74) is 2.98. The zero-order valence-electron chi connectivity index (χ0n) is 16.7. The van der Waals surface area contributed by atoms with E-state index < -0.39 is 0 Å². The van der Waals surface area contributed by atoms with Crippen LogP contribution in [0.1, 0.15) is 43.5 Å². The van der Waals surface area contributed by atoms with E-state index in [1.165, 1.54) is 6.08 Å². The van der Waals surface area contributed by atoms with Crippen LogP contribution < -0.4 is 5.32 Å². The molecule has 0 amide bonds. The molecule has 2 unspecified atom stereocenters. The van der Waals surface area contributed by atoms with Crippen molar-refractivity contribution in [2.75, 3.05) is 6.54 Å². The van der Waals surface area contributed by atoms with Gasteiger partial charge in [-0.15, -0.1) is 0 Å². The molecule has 0 saturated heterocycles. The Bertz CT molecular complexity index is 1170. The number of allylic oxidation sites excluding steroid dienone is 7. The summed E-state index contributed by atoms with van der Waals surface area (Å²) in [4.78, 5) is 13.3. The number of benzene rings is 1. The molecule has 0 saturated carbocycles. The van der Waals surface area contributed by atoms with Gasteiger partial charge in [-0.2, -0.15) is 0 Å². The predicted octanol–water partition coefficient (Wildman–Crippen LogP) is 5.36. The van der Waals surface area contributed by atoms with Gasteiger partial charge >= 0.3 is 0 Å². The Morgan fingerprint density at radius 1 is 1.13 bits per heavy atom. The maximum Gasteiger partial charge on any atom is 0.159 e. The number of rotatable bonds is 2. The predicted molar refractivity (Wildman–Crippen MR) is 115 cm³/mol. The fraction of sp³-hybridized carbons (Fsp3) is 0.292. The molecule has 1 aliphatic carbocycles. The van der Waals surface area contributed by atoms with E-state index in [1.54, 1.807) is 12.3 Å². The second kappa shape index (κ2) is 7.59. The minimum Gasteiger partial charge on any atom is -0.391 e. The molecular weight excluding hydrogens is 382 g/mol. The highest BCUT2D eigenvalue weighted by Crippen LogP contribution is 2.31. The first-order valence-corrected chi connectivity index (χ1v) is 10.3. The minimum absolute atomic E-state index is 0.115. The van der Waals surface area contributed by atoms with E-state index in [0.717, 1.165) is 30.6 Å². The fourth-order valence-corrected chi connectivity index (χ4v) is 4.30. The van der Waals surface area contributed by atoms with E-state index in [0.29, 0.717) is 28.9 Å². The van der Waals surface area contributed by atoms with Gasteiger partial charge in [0.05, 0.1) is 5.71 Å². The quantitative estimate of drug-likeness (QED) is 0.733. The third-order valence-corrected chi connectivity index (χ3v) is 5.82. The van der Waals surface area contributed by atoms with Crippen molar-refractivity contribution in [3.05, 3.63) is 77.6 Å². The van der Waals surface area contributed by atoms with E-state index >= 15 is 0 Å². The molecule has 4 nitrogen and oxygen atoms in total. The third kappa shape index (κ3) is 3.58. The van der Waals surface area contributed by atoms with Crippen molar-refractivity contribution in [3.8, 4) is 0 Å². The van der Waals surface area contributed by atoms with E-state index in [1.807, 2.05) is 37.4 Å². The van der Waals surface area contributed by atoms with E-state index in [9.17, 15) is 8.78 Å². The number of hydrogen-bond donors (Lipinski definition) is 1. The average molecular weight is 404 g/mol. The summed E-state index contributed by atoms with van der Waals surface area (Å²) in [6, 6.07) is 3.50. The zero-order valence-corrected chi connectivity index (χ0v) is 16.7. The van der Waals surface area contributed by atoms with Gasteiger partial charge < -0.3 is 5.32 Å². The van der Waals surface area contributed by atoms with Crippen LogP contribution in [0.5, 0.6) is 0 Å². The molecule has 2 bridgehead atoms. The summed E-state index contributed by atoms with van der Waals surface area (Å²) in [5.74, 6) is -0.154. The van der Waals surface area contributed by atoms with Crippen LogP contribution in [0, 0.1) is 11.7 Å². The Hall–Kier alpha value is -3.15. The number of aromatic nitrogens is 2. The third-order valence-electron chi connectivity index (χ3n) is 5.82. The van der Waals surface area contributed by atoms with E-state index in [-0.39, 0.29) is 29.0 Å². The van der Waals surface area contributed by atoms with Crippen molar-refractivity contribution in [3.63, 3.8) is 0 Å². The molecule has 2 atom stereocenters. The average Bonchev–Trinajstić information content (AvgIpc) is 2.90. The van der Waals surface area contributed by atoms with Crippen molar-refractivity contribution in [1.82, 2.24) is 15.3 Å². The van der Waals surface area contributed by atoms with Crippen LogP contribution in [0.4, 0.5) is 8.78 Å². The van der Waals surface area contributed by atoms with Crippen LogP contribution in [0.15, 0.2) is 65.3 Å². The van der Waals surface area contributed by atoms with Crippen LogP contribution in [0.25, 0.3) is 16.5 Å². The summed E-state index contributed by atoms with van der Waals surface area (Å²) in [6.07, 6.45) is 13.3. The van der Waals surface area contributed by atoms with Gasteiger partial charge in [0.1, 0.15) is 17.2 Å². The molecule has 1 aromatic carbocycles. The largest absolute Gasteiger partial charge is 0.391 e. The summed E-state index contributed by atoms with van der Waals surface area (Å²) < 4.78 is 29.7. The molecule has 1 N–H and O–H groups in total. The first-order valence-electron chi connectivity index (χ1n) is 10.3. The smallest absolute Gasteiger partial charge is 0.159 e. The lowest BCUT2D eigenvalue weighted by Gasteiger charge is -2.18. The second-order valence-electron chi connectivity index (χ2n) is 8.03. The highest BCUT2D eigenvalue weighted by molar-refractivity contribution is 6.01. The lowest BCUT2D eigenvalue weighted by molar-refractivity contribution is 0.622. The van der Waals surface area contributed by atoms with Crippen molar-refractivity contribution >= 4 is 22.2 Å². The maximum absolute atomic E-state index is 15.0. The molecular formula is C24H22F2N4. The molecule has 2 aliphatic heterocycles. The number of fused-ring (bicyclic) bond motifs is 4. The molecule has 0 radical (unpaired) electrons. The number of nitrogens with zero attached hydrogens (tertiary/aromatic N) is 3. The first-order chi connectivity index (χ1) is 14.6. The van der Waals surface area contributed by atoms with Crippen LogP contribution in [0.2, 0.25) is 0 Å². The molecule has 0 spiro atoms. The van der Waals surface area contributed by atoms with Crippen LogP contribution >= 0.6 is 0 Å². The van der Waals surface area contributed by atoms with Gasteiger partial charge in [-0.05, 0) is 62.1 Å². The van der Waals surface area contributed by atoms with Crippen molar-refractivity contribution in [2.24, 2.45) is 10.9 Å². The van der Waals surface area contributed by atoms with Gasteiger partial charge in [0.2, 0.25) is 0 Å². The summed E-state index contributed by atoms with van der Waals surface area (Å²) >= 11 is 0. The number of hydrogen-bond acceptors (Lipinski definition) is 4. The lowest BCUT2D eigenvalue weighted by Crippen LogP contribution is -2.16. The van der Waals surface area contributed by atoms with Crippen molar-refractivity contribution < 1.29 is 8.78 Å². The standard InChI is InChI=1S/C24H22F2N4/c1-14-8-15-2-3-22(29-14)20(25)12-18(9-15)24-28-13-19-10-17(11-21(26)23(19)30-24)16-4-6-27-7-5-16/h4,6,8-13,15-16,27H,2-3,5,7H2,1H3. The maximum atomic E-state index is 15.0. The number of aliphatic imine (C=N–C) groups is 1. The fourth-order valence-electron chi connectivity index (χ4n) is 4.30. The molecule has 2 aromatic rings. The van der Waals surface area contributed by atoms with Crippen molar-refractivity contribution in [1.29, 1.82) is 0 Å². The highest BCUT2D eigenvalue weighted by Gasteiger charge is 2.21. The molecule has 0 fully saturated rings. The Morgan fingerprint density at radius 2 is 2.03 bits per heavy atom. The Labute approximate surface area is 173 Å². The minimum atomic E-state index is -0.383. The Kier molecular flexibility index (Phi) is 4.77. The normalized spacial score (nSPS) is 23.6. The summed E-state index contributed by atoms with van der Waals surface area (Å²) in [6.45, 7) is 2.74. The second-order valence-corrected chi connectivity index (χ2v) is 8.03. The zero-order chi connectivity index (χ0) is 20.7. The Balaban J connectivity index is 1.57. The van der Waals surface area contributed by atoms with Gasteiger partial charge in [0.25, 0.3) is 0 Å². The molecule has 3 aliphatic rings. The van der Waals surface area contributed by atoms with Gasteiger partial charge in [0, 0.05) is 35.3 Å². The molecule has 30 heavy (non-hydrogen) atoms. The summed E-state index contributed by atoms with van der Waals surface area (Å²) in [5, 5.41) is 3.81. The molecule has 1 aromatic heterocycles. The van der Waals surface area contributed by atoms with Crippen LogP contribution in [-0.4, -0.2) is 22.2 Å². The van der Waals surface area contributed by atoms with E-state index in [2.05, 4.69) is 20.3 Å². The van der Waals surface area contributed by atoms with Gasteiger partial charge in [0.15, 0.2) is 5.82 Å². The molecule has 5 rings (SSSR count). The molecule has 6 heteroatoms. The first kappa shape index (κ1) is 18.9. The van der Waals surface area contributed by atoms with Crippen LogP contribution in [0.3, 0.4) is 0 Å².